The number of carbonyl (C=O) groups is 1. The minimum atomic E-state index is -0.555. The molecule has 0 atom stereocenters. The molecule has 2 aliphatic heterocycles. The number of hydrogen-bond donors (Lipinski definition) is 0. The monoisotopic (exact) mass is 378 g/mol. The number of rotatable bonds is 3. The summed E-state index contributed by atoms with van der Waals surface area (Å²) in [5.74, 6) is -1.06. The van der Waals surface area contributed by atoms with Gasteiger partial charge in [0.2, 0.25) is 0 Å². The van der Waals surface area contributed by atoms with E-state index in [2.05, 4.69) is 4.90 Å². The van der Waals surface area contributed by atoms with Crippen LogP contribution in [0.3, 0.4) is 0 Å². The third-order valence-corrected chi connectivity index (χ3v) is 5.76. The zero-order valence-electron chi connectivity index (χ0n) is 14.3. The Morgan fingerprint density at radius 3 is 2.65 bits per heavy atom. The zero-order chi connectivity index (χ0) is 18.1. The maximum Gasteiger partial charge on any atom is 0.264 e. The van der Waals surface area contributed by atoms with Gasteiger partial charge in [-0.25, -0.2) is 8.78 Å². The van der Waals surface area contributed by atoms with Crippen LogP contribution in [-0.4, -0.2) is 55.1 Å². The molecule has 4 nitrogen and oxygen atoms in total. The minimum Gasteiger partial charge on any atom is -0.379 e. The molecule has 0 radical (unpaired) electrons. The summed E-state index contributed by atoms with van der Waals surface area (Å²) in [5, 5.41) is 1.90. The molecule has 1 aromatic heterocycles. The molecule has 1 amide bonds. The lowest BCUT2D eigenvalue weighted by molar-refractivity contribution is -0.0605. The van der Waals surface area contributed by atoms with Crippen molar-refractivity contribution in [3.8, 4) is 0 Å². The molecule has 2 saturated heterocycles. The van der Waals surface area contributed by atoms with Crippen LogP contribution in [0.2, 0.25) is 0 Å². The molecule has 0 bridgehead atoms. The van der Waals surface area contributed by atoms with Gasteiger partial charge in [0.15, 0.2) is 0 Å². The van der Waals surface area contributed by atoms with Crippen LogP contribution in [0.1, 0.15) is 15.2 Å². The van der Waals surface area contributed by atoms with Crippen LogP contribution in [0.25, 0.3) is 0 Å². The number of halogens is 2. The molecular weight excluding hydrogens is 358 g/mol. The first-order valence-corrected chi connectivity index (χ1v) is 9.49. The molecule has 0 saturated carbocycles. The molecule has 26 heavy (non-hydrogen) atoms. The fourth-order valence-electron chi connectivity index (χ4n) is 3.89. The van der Waals surface area contributed by atoms with Crippen molar-refractivity contribution in [2.75, 3.05) is 39.4 Å². The third-order valence-electron chi connectivity index (χ3n) is 4.91. The first kappa shape index (κ1) is 17.6. The van der Waals surface area contributed by atoms with Crippen molar-refractivity contribution in [1.82, 2.24) is 9.80 Å². The summed E-state index contributed by atoms with van der Waals surface area (Å²) in [6, 6.07) is 7.34. The third kappa shape index (κ3) is 3.65. The lowest BCUT2D eigenvalue weighted by atomic mass is 9.79. The predicted octanol–water partition coefficient (Wildman–Crippen LogP) is 3.00. The summed E-state index contributed by atoms with van der Waals surface area (Å²) in [6.07, 6.45) is 0. The second kappa shape index (κ2) is 7.06. The van der Waals surface area contributed by atoms with Crippen LogP contribution >= 0.6 is 11.3 Å². The smallest absolute Gasteiger partial charge is 0.264 e. The number of ether oxygens (including phenoxy) is 1. The summed E-state index contributed by atoms with van der Waals surface area (Å²) < 4.78 is 32.5. The van der Waals surface area contributed by atoms with E-state index in [1.807, 2.05) is 22.4 Å². The van der Waals surface area contributed by atoms with E-state index in [1.54, 1.807) is 0 Å². The van der Waals surface area contributed by atoms with Crippen LogP contribution in [-0.2, 0) is 11.3 Å². The fourth-order valence-corrected chi connectivity index (χ4v) is 4.58. The Labute approximate surface area is 155 Å². The maximum atomic E-state index is 13.4. The van der Waals surface area contributed by atoms with Crippen molar-refractivity contribution >= 4 is 17.2 Å². The summed E-state index contributed by atoms with van der Waals surface area (Å²) in [4.78, 5) is 17.4. The van der Waals surface area contributed by atoms with Crippen LogP contribution in [0.4, 0.5) is 8.78 Å². The molecule has 0 N–H and O–H groups in total. The fraction of sp³-hybridized carbons (Fsp3) is 0.421. The average molecular weight is 378 g/mol. The van der Waals surface area contributed by atoms with Gasteiger partial charge in [-0.15, -0.1) is 11.3 Å². The minimum absolute atomic E-state index is 0.0514. The van der Waals surface area contributed by atoms with E-state index in [4.69, 9.17) is 4.74 Å². The van der Waals surface area contributed by atoms with Crippen LogP contribution in [0, 0.1) is 17.0 Å². The van der Waals surface area contributed by atoms with Crippen LogP contribution in [0.5, 0.6) is 0 Å². The summed E-state index contributed by atoms with van der Waals surface area (Å²) >= 11 is 1.45. The summed E-state index contributed by atoms with van der Waals surface area (Å²) in [6.45, 7) is 4.38. The van der Waals surface area contributed by atoms with Crippen molar-refractivity contribution < 1.29 is 18.3 Å². The molecular formula is C19H20F2N2O2S. The second-order valence-electron chi connectivity index (χ2n) is 7.18. The standard InChI is InChI=1S/C19H20F2N2O2S/c20-15-6-14(7-16(21)8-15)9-22-10-19(11-22)12-23(3-4-25-13-19)18(24)17-2-1-5-26-17/h1-2,5-8H,3-4,9-13H2. The Balaban J connectivity index is 1.40. The SMILES string of the molecule is O=C(c1cccs1)N1CCOCC2(CN(Cc3cc(F)cc(F)c3)C2)C1. The Hall–Kier alpha value is -1.83. The van der Waals surface area contributed by atoms with Crippen LogP contribution < -0.4 is 0 Å². The molecule has 0 aliphatic carbocycles. The van der Waals surface area contributed by atoms with Gasteiger partial charge in [-0.2, -0.15) is 0 Å². The Morgan fingerprint density at radius 2 is 1.96 bits per heavy atom. The van der Waals surface area contributed by atoms with Gasteiger partial charge in [0.05, 0.1) is 18.1 Å². The highest BCUT2D eigenvalue weighted by atomic mass is 32.1. The Kier molecular flexibility index (Phi) is 4.77. The zero-order valence-corrected chi connectivity index (χ0v) is 15.1. The largest absolute Gasteiger partial charge is 0.379 e. The molecule has 0 unspecified atom stereocenters. The number of hydrogen-bond acceptors (Lipinski definition) is 4. The highest BCUT2D eigenvalue weighted by Gasteiger charge is 2.46. The Morgan fingerprint density at radius 1 is 1.19 bits per heavy atom. The molecule has 1 aromatic carbocycles. The number of benzene rings is 1. The number of nitrogens with zero attached hydrogens (tertiary/aromatic N) is 2. The van der Waals surface area contributed by atoms with Gasteiger partial charge in [-0.1, -0.05) is 6.07 Å². The number of thiophene rings is 1. The average Bonchev–Trinajstić information content (AvgIpc) is 3.00. The molecule has 138 valence electrons. The molecule has 3 heterocycles. The van der Waals surface area contributed by atoms with Gasteiger partial charge in [0, 0.05) is 44.2 Å². The van der Waals surface area contributed by atoms with Crippen molar-refractivity contribution in [1.29, 1.82) is 0 Å². The number of amides is 1. The van der Waals surface area contributed by atoms with Crippen molar-refractivity contribution in [2.24, 2.45) is 5.41 Å². The van der Waals surface area contributed by atoms with Gasteiger partial charge in [0.1, 0.15) is 11.6 Å². The number of carbonyl (C=O) groups excluding carboxylic acids is 1. The van der Waals surface area contributed by atoms with Crippen molar-refractivity contribution in [3.63, 3.8) is 0 Å². The van der Waals surface area contributed by atoms with E-state index >= 15 is 0 Å². The maximum absolute atomic E-state index is 13.4. The normalized spacial score (nSPS) is 20.0. The Bertz CT molecular complexity index is 771. The van der Waals surface area contributed by atoms with E-state index in [0.717, 1.165) is 24.0 Å². The van der Waals surface area contributed by atoms with E-state index in [-0.39, 0.29) is 11.3 Å². The molecule has 2 aromatic rings. The van der Waals surface area contributed by atoms with Crippen molar-refractivity contribution in [2.45, 2.75) is 6.54 Å². The first-order valence-electron chi connectivity index (χ1n) is 8.61. The number of likely N-dealkylation sites (tertiary alicyclic amines) is 1. The lowest BCUT2D eigenvalue weighted by Crippen LogP contribution is -2.62. The summed E-state index contributed by atoms with van der Waals surface area (Å²) in [7, 11) is 0. The van der Waals surface area contributed by atoms with Gasteiger partial charge < -0.3 is 9.64 Å². The van der Waals surface area contributed by atoms with E-state index in [1.165, 1.54) is 23.5 Å². The molecule has 2 fully saturated rings. The van der Waals surface area contributed by atoms with Gasteiger partial charge in [-0.3, -0.25) is 9.69 Å². The first-order chi connectivity index (χ1) is 12.5. The van der Waals surface area contributed by atoms with Gasteiger partial charge in [-0.05, 0) is 29.1 Å². The topological polar surface area (TPSA) is 32.8 Å². The quantitative estimate of drug-likeness (QED) is 0.823. The van der Waals surface area contributed by atoms with E-state index in [9.17, 15) is 13.6 Å². The van der Waals surface area contributed by atoms with Crippen molar-refractivity contribution in [3.05, 3.63) is 57.8 Å². The van der Waals surface area contributed by atoms with Crippen LogP contribution in [0.15, 0.2) is 35.7 Å². The molecule has 2 aliphatic rings. The molecule has 1 spiro atoms. The summed E-state index contributed by atoms with van der Waals surface area (Å²) in [5.41, 5.74) is 0.522. The highest BCUT2D eigenvalue weighted by molar-refractivity contribution is 7.12. The highest BCUT2D eigenvalue weighted by Crippen LogP contribution is 2.35. The molecule has 7 heteroatoms. The van der Waals surface area contributed by atoms with Gasteiger partial charge in [0.25, 0.3) is 5.91 Å². The lowest BCUT2D eigenvalue weighted by Gasteiger charge is -2.50. The molecule has 4 rings (SSSR count). The van der Waals surface area contributed by atoms with E-state index in [0.29, 0.717) is 38.4 Å². The second-order valence-corrected chi connectivity index (χ2v) is 8.13. The van der Waals surface area contributed by atoms with Gasteiger partial charge >= 0.3 is 0 Å². The predicted molar refractivity (Wildman–Crippen MR) is 95.1 cm³/mol. The van der Waals surface area contributed by atoms with E-state index < -0.39 is 11.6 Å².